The molecular formula is C15H21NO. The fourth-order valence-corrected chi connectivity index (χ4v) is 1.45. The van der Waals surface area contributed by atoms with E-state index in [1.807, 2.05) is 24.3 Å². The van der Waals surface area contributed by atoms with E-state index in [0.717, 1.165) is 19.4 Å². The molecule has 0 radical (unpaired) electrons. The van der Waals surface area contributed by atoms with E-state index in [-0.39, 0.29) is 5.91 Å². The molecule has 92 valence electrons. The normalized spacial score (nSPS) is 11.0. The van der Waals surface area contributed by atoms with Gasteiger partial charge >= 0.3 is 0 Å². The van der Waals surface area contributed by atoms with Gasteiger partial charge in [-0.3, -0.25) is 4.79 Å². The number of hydrogen-bond acceptors (Lipinski definition) is 1. The maximum absolute atomic E-state index is 11.4. The van der Waals surface area contributed by atoms with Gasteiger partial charge in [-0.2, -0.15) is 0 Å². The van der Waals surface area contributed by atoms with Gasteiger partial charge in [0, 0.05) is 6.54 Å². The van der Waals surface area contributed by atoms with Crippen molar-refractivity contribution in [3.05, 3.63) is 48.0 Å². The molecule has 0 unspecified atom stereocenters. The molecule has 0 bridgehead atoms. The minimum atomic E-state index is 0.00626. The van der Waals surface area contributed by atoms with Gasteiger partial charge in [-0.25, -0.2) is 0 Å². The Morgan fingerprint density at radius 3 is 2.65 bits per heavy atom. The van der Waals surface area contributed by atoms with Crippen molar-refractivity contribution in [2.24, 2.45) is 5.92 Å². The van der Waals surface area contributed by atoms with Crippen molar-refractivity contribution in [3.63, 3.8) is 0 Å². The topological polar surface area (TPSA) is 29.1 Å². The predicted molar refractivity (Wildman–Crippen MR) is 71.8 cm³/mol. The Kier molecular flexibility index (Phi) is 6.08. The average molecular weight is 231 g/mol. The highest BCUT2D eigenvalue weighted by molar-refractivity contribution is 5.87. The maximum atomic E-state index is 11.4. The summed E-state index contributed by atoms with van der Waals surface area (Å²) in [4.78, 5) is 11.4. The molecule has 2 heteroatoms. The molecule has 0 heterocycles. The van der Waals surface area contributed by atoms with Crippen molar-refractivity contribution < 1.29 is 4.79 Å². The SMILES string of the molecule is CC(C)CNC(=O)/C=C/CCc1ccccc1. The smallest absolute Gasteiger partial charge is 0.243 e. The molecule has 0 fully saturated rings. The minimum absolute atomic E-state index is 0.00626. The largest absolute Gasteiger partial charge is 0.352 e. The molecule has 0 aliphatic carbocycles. The molecule has 0 atom stereocenters. The van der Waals surface area contributed by atoms with Crippen LogP contribution in [0.4, 0.5) is 0 Å². The second kappa shape index (κ2) is 7.66. The van der Waals surface area contributed by atoms with Crippen molar-refractivity contribution in [3.8, 4) is 0 Å². The Labute approximate surface area is 104 Å². The monoisotopic (exact) mass is 231 g/mol. The van der Waals surface area contributed by atoms with Gasteiger partial charge in [0.25, 0.3) is 0 Å². The molecule has 0 saturated heterocycles. The van der Waals surface area contributed by atoms with Crippen LogP contribution in [0.1, 0.15) is 25.8 Å². The zero-order chi connectivity index (χ0) is 12.5. The first kappa shape index (κ1) is 13.5. The summed E-state index contributed by atoms with van der Waals surface area (Å²) < 4.78 is 0. The summed E-state index contributed by atoms with van der Waals surface area (Å²) >= 11 is 0. The Morgan fingerprint density at radius 2 is 2.00 bits per heavy atom. The Balaban J connectivity index is 2.20. The van der Waals surface area contributed by atoms with E-state index >= 15 is 0 Å². The lowest BCUT2D eigenvalue weighted by atomic mass is 10.1. The second-order valence-corrected chi connectivity index (χ2v) is 4.57. The van der Waals surface area contributed by atoms with E-state index < -0.39 is 0 Å². The number of allylic oxidation sites excluding steroid dienone is 1. The first-order valence-corrected chi connectivity index (χ1v) is 6.17. The van der Waals surface area contributed by atoms with Gasteiger partial charge in [0.15, 0.2) is 0 Å². The molecule has 2 nitrogen and oxygen atoms in total. The van der Waals surface area contributed by atoms with Crippen LogP contribution in [0, 0.1) is 5.92 Å². The first-order valence-electron chi connectivity index (χ1n) is 6.17. The van der Waals surface area contributed by atoms with Crippen LogP contribution in [0.3, 0.4) is 0 Å². The van der Waals surface area contributed by atoms with Crippen molar-refractivity contribution in [2.45, 2.75) is 26.7 Å². The molecule has 1 N–H and O–H groups in total. The predicted octanol–water partition coefficient (Wildman–Crippen LogP) is 2.95. The Morgan fingerprint density at radius 1 is 1.29 bits per heavy atom. The number of benzene rings is 1. The molecule has 0 saturated carbocycles. The van der Waals surface area contributed by atoms with E-state index in [0.29, 0.717) is 5.92 Å². The van der Waals surface area contributed by atoms with E-state index in [4.69, 9.17) is 0 Å². The highest BCUT2D eigenvalue weighted by Crippen LogP contribution is 2.02. The molecule has 1 amide bonds. The zero-order valence-electron chi connectivity index (χ0n) is 10.6. The fourth-order valence-electron chi connectivity index (χ4n) is 1.45. The maximum Gasteiger partial charge on any atom is 0.243 e. The summed E-state index contributed by atoms with van der Waals surface area (Å²) in [6, 6.07) is 10.3. The quantitative estimate of drug-likeness (QED) is 0.749. The number of amides is 1. The third-order valence-corrected chi connectivity index (χ3v) is 2.40. The lowest BCUT2D eigenvalue weighted by molar-refractivity contribution is -0.116. The number of carbonyl (C=O) groups excluding carboxylic acids is 1. The number of hydrogen-bond donors (Lipinski definition) is 1. The lowest BCUT2D eigenvalue weighted by Crippen LogP contribution is -2.25. The number of rotatable bonds is 6. The zero-order valence-corrected chi connectivity index (χ0v) is 10.6. The van der Waals surface area contributed by atoms with Crippen molar-refractivity contribution in [2.75, 3.05) is 6.54 Å². The van der Waals surface area contributed by atoms with Gasteiger partial charge in [0.1, 0.15) is 0 Å². The van der Waals surface area contributed by atoms with Crippen LogP contribution in [-0.2, 0) is 11.2 Å². The number of aryl methyl sites for hydroxylation is 1. The molecule has 1 aromatic rings. The number of carbonyl (C=O) groups is 1. The second-order valence-electron chi connectivity index (χ2n) is 4.57. The summed E-state index contributed by atoms with van der Waals surface area (Å²) in [6.07, 6.45) is 5.45. The first-order chi connectivity index (χ1) is 8.18. The van der Waals surface area contributed by atoms with Crippen LogP contribution in [0.15, 0.2) is 42.5 Å². The van der Waals surface area contributed by atoms with E-state index in [9.17, 15) is 4.79 Å². The summed E-state index contributed by atoms with van der Waals surface area (Å²) in [7, 11) is 0. The summed E-state index contributed by atoms with van der Waals surface area (Å²) in [5.74, 6) is 0.503. The molecule has 1 aromatic carbocycles. The molecule has 0 aliphatic heterocycles. The van der Waals surface area contributed by atoms with Gasteiger partial charge in [0.05, 0.1) is 0 Å². The Bertz CT molecular complexity index is 354. The molecule has 0 aliphatic rings. The van der Waals surface area contributed by atoms with Crippen LogP contribution in [0.25, 0.3) is 0 Å². The van der Waals surface area contributed by atoms with Crippen LogP contribution in [0.5, 0.6) is 0 Å². The van der Waals surface area contributed by atoms with E-state index in [1.165, 1.54) is 5.56 Å². The van der Waals surface area contributed by atoms with Crippen LogP contribution in [0.2, 0.25) is 0 Å². The molecule has 17 heavy (non-hydrogen) atoms. The van der Waals surface area contributed by atoms with Gasteiger partial charge < -0.3 is 5.32 Å². The van der Waals surface area contributed by atoms with Gasteiger partial charge in [0.2, 0.25) is 5.91 Å². The molecular weight excluding hydrogens is 210 g/mol. The molecule has 0 spiro atoms. The van der Waals surface area contributed by atoms with Crippen LogP contribution >= 0.6 is 0 Å². The van der Waals surface area contributed by atoms with Crippen molar-refractivity contribution in [1.82, 2.24) is 5.32 Å². The fraction of sp³-hybridized carbons (Fsp3) is 0.400. The summed E-state index contributed by atoms with van der Waals surface area (Å²) in [5, 5.41) is 2.86. The van der Waals surface area contributed by atoms with Gasteiger partial charge in [-0.05, 0) is 30.4 Å². The average Bonchev–Trinajstić information content (AvgIpc) is 2.33. The minimum Gasteiger partial charge on any atom is -0.352 e. The highest BCUT2D eigenvalue weighted by Gasteiger charge is 1.96. The van der Waals surface area contributed by atoms with Gasteiger partial charge in [-0.15, -0.1) is 0 Å². The van der Waals surface area contributed by atoms with Gasteiger partial charge in [-0.1, -0.05) is 50.3 Å². The summed E-state index contributed by atoms with van der Waals surface area (Å²) in [5.41, 5.74) is 1.31. The molecule has 1 rings (SSSR count). The van der Waals surface area contributed by atoms with Crippen molar-refractivity contribution >= 4 is 5.91 Å². The number of nitrogens with one attached hydrogen (secondary N) is 1. The highest BCUT2D eigenvalue weighted by atomic mass is 16.1. The van der Waals surface area contributed by atoms with Crippen LogP contribution in [-0.4, -0.2) is 12.5 Å². The standard InChI is InChI=1S/C15H21NO/c1-13(2)12-16-15(17)11-7-6-10-14-8-4-3-5-9-14/h3-5,7-9,11,13H,6,10,12H2,1-2H3,(H,16,17)/b11-7+. The lowest BCUT2D eigenvalue weighted by Gasteiger charge is -2.04. The third kappa shape index (κ3) is 6.56. The van der Waals surface area contributed by atoms with E-state index in [1.54, 1.807) is 6.08 Å². The summed E-state index contributed by atoms with van der Waals surface area (Å²) in [6.45, 7) is 4.90. The van der Waals surface area contributed by atoms with E-state index in [2.05, 4.69) is 31.3 Å². The van der Waals surface area contributed by atoms with Crippen molar-refractivity contribution in [1.29, 1.82) is 0 Å². The molecule has 0 aromatic heterocycles. The van der Waals surface area contributed by atoms with Crippen LogP contribution < -0.4 is 5.32 Å². The third-order valence-electron chi connectivity index (χ3n) is 2.40. The Hall–Kier alpha value is -1.57.